The molecule has 2 aliphatic rings. The van der Waals surface area contributed by atoms with Gasteiger partial charge in [-0.2, -0.15) is 0 Å². The van der Waals surface area contributed by atoms with Crippen LogP contribution in [0.5, 0.6) is 0 Å². The van der Waals surface area contributed by atoms with Crippen molar-refractivity contribution in [2.24, 2.45) is 11.3 Å². The van der Waals surface area contributed by atoms with Gasteiger partial charge in [0, 0.05) is 19.0 Å². The summed E-state index contributed by atoms with van der Waals surface area (Å²) in [5.74, 6) is 7.78. The highest BCUT2D eigenvalue weighted by Crippen LogP contribution is 2.40. The first-order valence-electron chi connectivity index (χ1n) is 13.1. The molecule has 0 radical (unpaired) electrons. The molecule has 168 valence electrons. The zero-order valence-corrected chi connectivity index (χ0v) is 20.1. The summed E-state index contributed by atoms with van der Waals surface area (Å²) in [5.41, 5.74) is 0.664. The second-order valence-corrected chi connectivity index (χ2v) is 10.1. The van der Waals surface area contributed by atoms with Crippen molar-refractivity contribution in [3.8, 4) is 11.8 Å². The molecule has 0 bridgehead atoms. The fourth-order valence-electron chi connectivity index (χ4n) is 5.24. The summed E-state index contributed by atoms with van der Waals surface area (Å²) in [4.78, 5) is 5.34. The van der Waals surface area contributed by atoms with Crippen LogP contribution in [-0.2, 0) is 0 Å². The largest absolute Gasteiger partial charge is 0.302 e. The summed E-state index contributed by atoms with van der Waals surface area (Å²) in [6, 6.07) is 0. The van der Waals surface area contributed by atoms with Crippen LogP contribution in [-0.4, -0.2) is 49.1 Å². The van der Waals surface area contributed by atoms with E-state index in [9.17, 15) is 0 Å². The minimum atomic E-state index is 0.642. The first kappa shape index (κ1) is 24.7. The van der Waals surface area contributed by atoms with Crippen molar-refractivity contribution in [2.75, 3.05) is 39.3 Å². The predicted molar refractivity (Wildman–Crippen MR) is 128 cm³/mol. The molecule has 0 amide bonds. The number of likely N-dealkylation sites (tertiary alicyclic amines) is 2. The van der Waals surface area contributed by atoms with Gasteiger partial charge in [0.1, 0.15) is 0 Å². The summed E-state index contributed by atoms with van der Waals surface area (Å²) in [6.45, 7) is 14.5. The molecular formula is C27H50N2. The van der Waals surface area contributed by atoms with Gasteiger partial charge in [-0.25, -0.2) is 0 Å². The predicted octanol–water partition coefficient (Wildman–Crippen LogP) is 6.74. The maximum Gasteiger partial charge on any atom is 0.0601 e. The highest BCUT2D eigenvalue weighted by atomic mass is 15.2. The number of piperidine rings is 1. The highest BCUT2D eigenvalue weighted by Gasteiger charge is 2.43. The van der Waals surface area contributed by atoms with Gasteiger partial charge in [0.15, 0.2) is 0 Å². The fourth-order valence-corrected chi connectivity index (χ4v) is 5.24. The Bertz CT molecular complexity index is 459. The molecule has 1 atom stereocenters. The van der Waals surface area contributed by atoms with Gasteiger partial charge in [0.05, 0.1) is 6.54 Å². The van der Waals surface area contributed by atoms with E-state index >= 15 is 0 Å². The number of hydrogen-bond acceptors (Lipinski definition) is 2. The minimum Gasteiger partial charge on any atom is -0.302 e. The monoisotopic (exact) mass is 402 g/mol. The van der Waals surface area contributed by atoms with Gasteiger partial charge < -0.3 is 4.90 Å². The lowest BCUT2D eigenvalue weighted by Gasteiger charge is -2.54. The Hall–Kier alpha value is -0.520. The van der Waals surface area contributed by atoms with Crippen LogP contribution in [0.15, 0.2) is 0 Å². The van der Waals surface area contributed by atoms with Crippen LogP contribution in [0.1, 0.15) is 111 Å². The molecule has 2 heteroatoms. The van der Waals surface area contributed by atoms with Crippen molar-refractivity contribution in [1.82, 2.24) is 9.80 Å². The van der Waals surface area contributed by atoms with Crippen LogP contribution in [0.25, 0.3) is 0 Å². The van der Waals surface area contributed by atoms with Gasteiger partial charge in [-0.1, -0.05) is 90.4 Å². The first-order chi connectivity index (χ1) is 14.2. The topological polar surface area (TPSA) is 6.48 Å². The van der Waals surface area contributed by atoms with Gasteiger partial charge in [-0.15, -0.1) is 0 Å². The van der Waals surface area contributed by atoms with E-state index in [1.54, 1.807) is 0 Å². The fraction of sp³-hybridized carbons (Fsp3) is 0.926. The third kappa shape index (κ3) is 9.44. The van der Waals surface area contributed by atoms with E-state index in [0.29, 0.717) is 11.3 Å². The van der Waals surface area contributed by atoms with E-state index in [0.717, 1.165) is 6.54 Å². The Kier molecular flexibility index (Phi) is 12.4. The van der Waals surface area contributed by atoms with Crippen LogP contribution >= 0.6 is 0 Å². The molecule has 0 aromatic rings. The Balaban J connectivity index is 1.54. The molecule has 0 aromatic carbocycles. The van der Waals surface area contributed by atoms with E-state index in [-0.39, 0.29) is 0 Å². The number of unbranched alkanes of at least 4 members (excludes halogenated alkanes) is 7. The Morgan fingerprint density at radius 1 is 0.724 bits per heavy atom. The zero-order chi connectivity index (χ0) is 20.8. The summed E-state index contributed by atoms with van der Waals surface area (Å²) in [5, 5.41) is 0. The van der Waals surface area contributed by atoms with Crippen molar-refractivity contribution in [1.29, 1.82) is 0 Å². The molecule has 2 heterocycles. The average molecular weight is 403 g/mol. The Morgan fingerprint density at radius 2 is 1.38 bits per heavy atom. The molecule has 0 aromatic heterocycles. The van der Waals surface area contributed by atoms with Crippen molar-refractivity contribution in [3.63, 3.8) is 0 Å². The molecule has 1 unspecified atom stereocenters. The normalized spacial score (nSPS) is 20.2. The summed E-state index contributed by atoms with van der Waals surface area (Å²) < 4.78 is 0. The van der Waals surface area contributed by atoms with Gasteiger partial charge in [-0.3, -0.25) is 4.90 Å². The lowest BCUT2D eigenvalue weighted by atomic mass is 9.72. The quantitative estimate of drug-likeness (QED) is 0.234. The maximum absolute atomic E-state index is 3.60. The van der Waals surface area contributed by atoms with Gasteiger partial charge in [-0.05, 0) is 57.2 Å². The van der Waals surface area contributed by atoms with Crippen LogP contribution in [0.3, 0.4) is 0 Å². The molecule has 29 heavy (non-hydrogen) atoms. The number of hydrogen-bond donors (Lipinski definition) is 0. The lowest BCUT2D eigenvalue weighted by Crippen LogP contribution is -2.60. The SMILES string of the molecule is CCCCCCCCCN1CC2(CCN(CC#CC(CCC)CCCC)CC2)C1. The van der Waals surface area contributed by atoms with E-state index < -0.39 is 0 Å². The molecule has 2 aliphatic heterocycles. The molecule has 2 rings (SSSR count). The molecule has 2 saturated heterocycles. The summed E-state index contributed by atoms with van der Waals surface area (Å²) in [7, 11) is 0. The summed E-state index contributed by atoms with van der Waals surface area (Å²) >= 11 is 0. The van der Waals surface area contributed by atoms with Gasteiger partial charge in [0.25, 0.3) is 0 Å². The third-order valence-corrected chi connectivity index (χ3v) is 7.26. The van der Waals surface area contributed by atoms with Crippen LogP contribution in [0, 0.1) is 23.2 Å². The van der Waals surface area contributed by atoms with E-state index in [2.05, 4.69) is 42.4 Å². The van der Waals surface area contributed by atoms with Gasteiger partial charge >= 0.3 is 0 Å². The minimum absolute atomic E-state index is 0.642. The molecule has 0 saturated carbocycles. The van der Waals surface area contributed by atoms with E-state index in [4.69, 9.17) is 0 Å². The van der Waals surface area contributed by atoms with Crippen molar-refractivity contribution >= 4 is 0 Å². The zero-order valence-electron chi connectivity index (χ0n) is 20.1. The van der Waals surface area contributed by atoms with Gasteiger partial charge in [0.2, 0.25) is 0 Å². The Labute approximate surface area is 183 Å². The van der Waals surface area contributed by atoms with Crippen LogP contribution in [0.4, 0.5) is 0 Å². The Morgan fingerprint density at radius 3 is 2.03 bits per heavy atom. The second kappa shape index (κ2) is 14.5. The number of rotatable bonds is 14. The summed E-state index contributed by atoms with van der Waals surface area (Å²) in [6.07, 6.45) is 19.3. The third-order valence-electron chi connectivity index (χ3n) is 7.26. The lowest BCUT2D eigenvalue weighted by molar-refractivity contribution is -0.0447. The van der Waals surface area contributed by atoms with E-state index in [1.807, 2.05) is 0 Å². The van der Waals surface area contributed by atoms with Crippen molar-refractivity contribution < 1.29 is 0 Å². The number of nitrogens with zero attached hydrogens (tertiary/aromatic N) is 2. The molecule has 1 spiro atoms. The van der Waals surface area contributed by atoms with Crippen molar-refractivity contribution in [2.45, 2.75) is 111 Å². The van der Waals surface area contributed by atoms with Crippen LogP contribution < -0.4 is 0 Å². The second-order valence-electron chi connectivity index (χ2n) is 10.1. The molecule has 0 N–H and O–H groups in total. The molecule has 2 nitrogen and oxygen atoms in total. The smallest absolute Gasteiger partial charge is 0.0601 e. The van der Waals surface area contributed by atoms with Crippen LogP contribution in [0.2, 0.25) is 0 Å². The van der Waals surface area contributed by atoms with E-state index in [1.165, 1.54) is 123 Å². The highest BCUT2D eigenvalue weighted by molar-refractivity contribution is 5.07. The first-order valence-corrected chi connectivity index (χ1v) is 13.1. The maximum atomic E-state index is 3.60. The van der Waals surface area contributed by atoms with Crippen molar-refractivity contribution in [3.05, 3.63) is 0 Å². The molecule has 2 fully saturated rings. The molecule has 0 aliphatic carbocycles. The average Bonchev–Trinajstić information content (AvgIpc) is 2.71. The standard InChI is InChI=1S/C27H50N2/c1-4-7-9-10-11-12-13-20-29-24-27(25-29)18-22-28(23-19-27)21-14-17-26(15-6-3)16-8-5-2/h26H,4-13,15-16,18-25H2,1-3H3. The molecular weight excluding hydrogens is 352 g/mol.